The number of aryl methyl sites for hydroxylation is 1. The maximum Gasteiger partial charge on any atom is 0.232 e. The lowest BCUT2D eigenvalue weighted by molar-refractivity contribution is 0.101. The zero-order valence-electron chi connectivity index (χ0n) is 16.2. The Morgan fingerprint density at radius 3 is 2.61 bits per heavy atom. The lowest BCUT2D eigenvalue weighted by Crippen LogP contribution is -2.32. The Labute approximate surface area is 170 Å². The summed E-state index contributed by atoms with van der Waals surface area (Å²) in [5, 5.41) is 11.2. The SMILES string of the molecule is Cc1cc(O)c(CN2CCC(C)CC2)c2c1C(=O)/C(=C/c1ccc(Cl)cc1)O2. The molecule has 0 unspecified atom stereocenters. The van der Waals surface area contributed by atoms with Crippen LogP contribution in [0.3, 0.4) is 0 Å². The number of phenols is 1. The van der Waals surface area contributed by atoms with Gasteiger partial charge in [-0.15, -0.1) is 0 Å². The van der Waals surface area contributed by atoms with Crippen molar-refractivity contribution in [3.05, 3.63) is 63.4 Å². The van der Waals surface area contributed by atoms with E-state index < -0.39 is 0 Å². The molecule has 0 radical (unpaired) electrons. The van der Waals surface area contributed by atoms with Crippen molar-refractivity contribution < 1.29 is 14.6 Å². The number of phenolic OH excluding ortho intramolecular Hbond substituents is 1. The van der Waals surface area contributed by atoms with Crippen molar-refractivity contribution >= 4 is 23.5 Å². The van der Waals surface area contributed by atoms with E-state index in [1.807, 2.05) is 19.1 Å². The smallest absolute Gasteiger partial charge is 0.232 e. The topological polar surface area (TPSA) is 49.8 Å². The second-order valence-electron chi connectivity index (χ2n) is 7.85. The van der Waals surface area contributed by atoms with Crippen molar-refractivity contribution in [2.45, 2.75) is 33.2 Å². The van der Waals surface area contributed by atoms with Gasteiger partial charge >= 0.3 is 0 Å². The van der Waals surface area contributed by atoms with Crippen LogP contribution in [0.4, 0.5) is 0 Å². The van der Waals surface area contributed by atoms with Crippen LogP contribution in [-0.4, -0.2) is 28.9 Å². The largest absolute Gasteiger partial charge is 0.507 e. The highest BCUT2D eigenvalue weighted by Gasteiger charge is 2.34. The van der Waals surface area contributed by atoms with E-state index in [1.165, 1.54) is 0 Å². The van der Waals surface area contributed by atoms with E-state index in [2.05, 4.69) is 11.8 Å². The molecule has 146 valence electrons. The predicted molar refractivity (Wildman–Crippen MR) is 111 cm³/mol. The van der Waals surface area contributed by atoms with E-state index in [0.717, 1.165) is 43.0 Å². The first kappa shape index (κ1) is 19.0. The Morgan fingerprint density at radius 2 is 1.93 bits per heavy atom. The molecule has 0 bridgehead atoms. The molecule has 28 heavy (non-hydrogen) atoms. The number of hydrogen-bond donors (Lipinski definition) is 1. The van der Waals surface area contributed by atoms with E-state index in [4.69, 9.17) is 16.3 Å². The average molecular weight is 398 g/mol. The van der Waals surface area contributed by atoms with E-state index >= 15 is 0 Å². The van der Waals surface area contributed by atoms with Gasteiger partial charge in [0.05, 0.1) is 11.1 Å². The van der Waals surface area contributed by atoms with Gasteiger partial charge in [-0.2, -0.15) is 0 Å². The molecule has 0 aromatic heterocycles. The number of benzene rings is 2. The zero-order valence-corrected chi connectivity index (χ0v) is 16.9. The van der Waals surface area contributed by atoms with Crippen molar-refractivity contribution in [3.63, 3.8) is 0 Å². The fourth-order valence-electron chi connectivity index (χ4n) is 3.89. The van der Waals surface area contributed by atoms with Crippen LogP contribution in [0.15, 0.2) is 36.1 Å². The summed E-state index contributed by atoms with van der Waals surface area (Å²) in [6.45, 7) is 6.67. The monoisotopic (exact) mass is 397 g/mol. The highest BCUT2D eigenvalue weighted by atomic mass is 35.5. The molecule has 4 rings (SSSR count). The number of nitrogens with zero attached hydrogens (tertiary/aromatic N) is 1. The summed E-state index contributed by atoms with van der Waals surface area (Å²) in [6.07, 6.45) is 4.02. The summed E-state index contributed by atoms with van der Waals surface area (Å²) >= 11 is 5.94. The summed E-state index contributed by atoms with van der Waals surface area (Å²) in [6, 6.07) is 8.91. The van der Waals surface area contributed by atoms with E-state index in [-0.39, 0.29) is 17.3 Å². The van der Waals surface area contributed by atoms with Gasteiger partial charge in [-0.05, 0) is 74.2 Å². The maximum atomic E-state index is 13.0. The van der Waals surface area contributed by atoms with Crippen molar-refractivity contribution in [1.29, 1.82) is 0 Å². The van der Waals surface area contributed by atoms with Crippen LogP contribution in [-0.2, 0) is 6.54 Å². The summed E-state index contributed by atoms with van der Waals surface area (Å²) in [7, 11) is 0. The first-order chi connectivity index (χ1) is 13.4. The number of allylic oxidation sites excluding steroid dienone is 1. The summed E-state index contributed by atoms with van der Waals surface area (Å²) < 4.78 is 6.00. The number of carbonyl (C=O) groups is 1. The van der Waals surface area contributed by atoms with E-state index in [1.54, 1.807) is 24.3 Å². The minimum atomic E-state index is -0.143. The van der Waals surface area contributed by atoms with Gasteiger partial charge in [0.25, 0.3) is 0 Å². The lowest BCUT2D eigenvalue weighted by Gasteiger charge is -2.30. The number of hydrogen-bond acceptors (Lipinski definition) is 4. The number of carbonyl (C=O) groups excluding carboxylic acids is 1. The number of piperidine rings is 1. The quantitative estimate of drug-likeness (QED) is 0.723. The van der Waals surface area contributed by atoms with Crippen LogP contribution in [0.5, 0.6) is 11.5 Å². The molecule has 1 N–H and O–H groups in total. The number of Topliss-reactive ketones (excluding diaryl/α,β-unsaturated/α-hetero) is 1. The van der Waals surface area contributed by atoms with Gasteiger partial charge in [0, 0.05) is 11.6 Å². The van der Waals surface area contributed by atoms with E-state index in [9.17, 15) is 9.90 Å². The van der Waals surface area contributed by atoms with Crippen molar-refractivity contribution in [2.24, 2.45) is 5.92 Å². The van der Waals surface area contributed by atoms with Crippen LogP contribution in [0.2, 0.25) is 5.02 Å². The molecule has 0 amide bonds. The molecule has 2 aromatic carbocycles. The summed E-state index contributed by atoms with van der Waals surface area (Å²) in [5.74, 6) is 1.56. The van der Waals surface area contributed by atoms with Crippen molar-refractivity contribution in [2.75, 3.05) is 13.1 Å². The molecule has 4 nitrogen and oxygen atoms in total. The molecule has 2 aliphatic rings. The normalized spacial score (nSPS) is 19.1. The molecule has 2 aromatic rings. The number of ether oxygens (including phenoxy) is 1. The minimum Gasteiger partial charge on any atom is -0.507 e. The van der Waals surface area contributed by atoms with Crippen molar-refractivity contribution in [3.8, 4) is 11.5 Å². The fraction of sp³-hybridized carbons (Fsp3) is 0.348. The van der Waals surface area contributed by atoms with Gasteiger partial charge in [-0.1, -0.05) is 30.7 Å². The van der Waals surface area contributed by atoms with Gasteiger partial charge in [-0.3, -0.25) is 9.69 Å². The second-order valence-corrected chi connectivity index (χ2v) is 8.28. The molecular formula is C23H24ClNO3. The summed E-state index contributed by atoms with van der Waals surface area (Å²) in [5.41, 5.74) is 2.82. The standard InChI is InChI=1S/C23H24ClNO3/c1-14-7-9-25(10-8-14)13-18-19(26)11-15(2)21-22(27)20(28-23(18)21)12-16-3-5-17(24)6-4-16/h3-6,11-12,14,26H,7-10,13H2,1-2H3/b20-12-. The molecule has 0 atom stereocenters. The zero-order chi connectivity index (χ0) is 19.8. The third kappa shape index (κ3) is 3.67. The highest BCUT2D eigenvalue weighted by molar-refractivity contribution is 6.30. The Kier molecular flexibility index (Phi) is 5.17. The van der Waals surface area contributed by atoms with Crippen LogP contribution >= 0.6 is 11.6 Å². The highest BCUT2D eigenvalue weighted by Crippen LogP contribution is 2.42. The third-order valence-corrected chi connectivity index (χ3v) is 5.90. The molecule has 2 heterocycles. The first-order valence-electron chi connectivity index (χ1n) is 9.70. The molecular weight excluding hydrogens is 374 g/mol. The Balaban J connectivity index is 1.66. The Hall–Kier alpha value is -2.30. The fourth-order valence-corrected chi connectivity index (χ4v) is 4.01. The number of fused-ring (bicyclic) bond motifs is 1. The molecule has 1 fully saturated rings. The van der Waals surface area contributed by atoms with Crippen LogP contribution in [0.25, 0.3) is 6.08 Å². The van der Waals surface area contributed by atoms with Crippen LogP contribution in [0, 0.1) is 12.8 Å². The Bertz CT molecular complexity index is 941. The van der Waals surface area contributed by atoms with Crippen LogP contribution < -0.4 is 4.74 Å². The number of halogens is 1. The van der Waals surface area contributed by atoms with Gasteiger partial charge in [0.15, 0.2) is 5.76 Å². The number of ketones is 1. The first-order valence-corrected chi connectivity index (χ1v) is 10.1. The van der Waals surface area contributed by atoms with Gasteiger partial charge < -0.3 is 9.84 Å². The van der Waals surface area contributed by atoms with Crippen molar-refractivity contribution in [1.82, 2.24) is 4.90 Å². The third-order valence-electron chi connectivity index (χ3n) is 5.65. The summed E-state index contributed by atoms with van der Waals surface area (Å²) in [4.78, 5) is 15.3. The van der Waals surface area contributed by atoms with Gasteiger partial charge in [0.2, 0.25) is 5.78 Å². The molecule has 1 saturated heterocycles. The van der Waals surface area contributed by atoms with Gasteiger partial charge in [0.1, 0.15) is 11.5 Å². The predicted octanol–water partition coefficient (Wildman–Crippen LogP) is 5.20. The van der Waals surface area contributed by atoms with Gasteiger partial charge in [-0.25, -0.2) is 0 Å². The number of rotatable bonds is 3. The maximum absolute atomic E-state index is 13.0. The van der Waals surface area contributed by atoms with E-state index in [0.29, 0.717) is 28.4 Å². The minimum absolute atomic E-state index is 0.143. The van der Waals surface area contributed by atoms with Crippen LogP contribution in [0.1, 0.15) is 46.8 Å². The molecule has 0 saturated carbocycles. The Morgan fingerprint density at radius 1 is 1.25 bits per heavy atom. The molecule has 0 aliphatic carbocycles. The second kappa shape index (κ2) is 7.61. The molecule has 2 aliphatic heterocycles. The number of likely N-dealkylation sites (tertiary alicyclic amines) is 1. The average Bonchev–Trinajstić information content (AvgIpc) is 2.99. The lowest BCUT2D eigenvalue weighted by atomic mass is 9.96. The molecule has 0 spiro atoms. The molecule has 5 heteroatoms. The number of aromatic hydroxyl groups is 1.